The van der Waals surface area contributed by atoms with Crippen LogP contribution in [0.1, 0.15) is 24.8 Å². The maximum Gasteiger partial charge on any atom is 0.326 e. The van der Waals surface area contributed by atoms with Crippen molar-refractivity contribution in [1.82, 2.24) is 5.32 Å². The molecule has 0 radical (unpaired) electrons. The number of carboxylic acids is 1. The summed E-state index contributed by atoms with van der Waals surface area (Å²) in [5, 5.41) is 12.2. The molecule has 2 N–H and O–H groups in total. The van der Waals surface area contributed by atoms with Crippen LogP contribution in [-0.4, -0.2) is 23.0 Å². The highest BCUT2D eigenvalue weighted by Crippen LogP contribution is 2.69. The van der Waals surface area contributed by atoms with E-state index in [0.717, 1.165) is 17.4 Å². The van der Waals surface area contributed by atoms with Crippen molar-refractivity contribution in [2.75, 3.05) is 0 Å². The van der Waals surface area contributed by atoms with Gasteiger partial charge in [0.2, 0.25) is 5.91 Å². The van der Waals surface area contributed by atoms with Crippen molar-refractivity contribution in [2.24, 2.45) is 29.6 Å². The molecule has 4 unspecified atom stereocenters. The minimum absolute atomic E-state index is 0.0325. The summed E-state index contributed by atoms with van der Waals surface area (Å²) in [7, 11) is 0. The largest absolute Gasteiger partial charge is 0.480 e. The van der Waals surface area contributed by atoms with E-state index in [2.05, 4.69) is 5.32 Å². The molecular weight excluding hydrogens is 278 g/mol. The highest BCUT2D eigenvalue weighted by atomic mass is 16.4. The minimum Gasteiger partial charge on any atom is -0.480 e. The normalized spacial score (nSPS) is 35.7. The molecule has 2 bridgehead atoms. The molecule has 0 heterocycles. The Morgan fingerprint density at radius 2 is 1.77 bits per heavy atom. The van der Waals surface area contributed by atoms with E-state index in [1.165, 1.54) is 19.3 Å². The average molecular weight is 299 g/mol. The van der Waals surface area contributed by atoms with Crippen LogP contribution in [0.5, 0.6) is 0 Å². The van der Waals surface area contributed by atoms with E-state index in [1.54, 1.807) is 0 Å². The Bertz CT molecular complexity index is 584. The Morgan fingerprint density at radius 1 is 1.14 bits per heavy atom. The van der Waals surface area contributed by atoms with Gasteiger partial charge in [-0.25, -0.2) is 4.79 Å². The lowest BCUT2D eigenvalue weighted by atomic mass is 10.0. The molecule has 3 aliphatic rings. The van der Waals surface area contributed by atoms with Gasteiger partial charge in [0, 0.05) is 12.3 Å². The van der Waals surface area contributed by atoms with Crippen LogP contribution < -0.4 is 5.32 Å². The zero-order valence-electron chi connectivity index (χ0n) is 12.4. The fourth-order valence-corrected chi connectivity index (χ4v) is 4.99. The van der Waals surface area contributed by atoms with Gasteiger partial charge in [-0.15, -0.1) is 0 Å². The summed E-state index contributed by atoms with van der Waals surface area (Å²) in [4.78, 5) is 23.9. The molecule has 1 amide bonds. The number of amides is 1. The number of benzene rings is 1. The van der Waals surface area contributed by atoms with E-state index in [4.69, 9.17) is 0 Å². The first-order chi connectivity index (χ1) is 10.6. The summed E-state index contributed by atoms with van der Waals surface area (Å²) in [6.07, 6.45) is 4.17. The van der Waals surface area contributed by atoms with Crippen LogP contribution in [0.4, 0.5) is 0 Å². The zero-order chi connectivity index (χ0) is 15.3. The Hall–Kier alpha value is -1.84. The fourth-order valence-electron chi connectivity index (χ4n) is 4.99. The van der Waals surface area contributed by atoms with Gasteiger partial charge in [0.05, 0.1) is 0 Å². The molecule has 1 aromatic rings. The number of carbonyl (C=O) groups excluding carboxylic acids is 1. The van der Waals surface area contributed by atoms with Crippen LogP contribution >= 0.6 is 0 Å². The summed E-state index contributed by atoms with van der Waals surface area (Å²) in [6.45, 7) is 0. The van der Waals surface area contributed by atoms with Gasteiger partial charge in [0.15, 0.2) is 0 Å². The molecule has 3 fully saturated rings. The van der Waals surface area contributed by atoms with E-state index in [1.807, 2.05) is 30.3 Å². The highest BCUT2D eigenvalue weighted by molar-refractivity contribution is 5.87. The van der Waals surface area contributed by atoms with E-state index in [9.17, 15) is 14.7 Å². The summed E-state index contributed by atoms with van der Waals surface area (Å²) in [6, 6.07) is 8.65. The average Bonchev–Trinajstić information content (AvgIpc) is 2.96. The summed E-state index contributed by atoms with van der Waals surface area (Å²) in [5.41, 5.74) is 0.936. The van der Waals surface area contributed by atoms with Gasteiger partial charge in [-0.3, -0.25) is 4.79 Å². The van der Waals surface area contributed by atoms with E-state index < -0.39 is 12.0 Å². The molecule has 4 rings (SSSR count). The summed E-state index contributed by atoms with van der Waals surface area (Å²) in [5.74, 6) is 1.64. The third kappa shape index (κ3) is 2.21. The molecule has 3 aliphatic carbocycles. The number of carboxylic acid groups (broad SMARTS) is 1. The molecule has 4 heteroatoms. The van der Waals surface area contributed by atoms with Crippen molar-refractivity contribution in [3.8, 4) is 0 Å². The molecule has 3 saturated carbocycles. The maximum atomic E-state index is 12.5. The van der Waals surface area contributed by atoms with Crippen LogP contribution in [0, 0.1) is 29.6 Å². The van der Waals surface area contributed by atoms with Gasteiger partial charge in [0.1, 0.15) is 6.04 Å². The number of hydrogen-bond acceptors (Lipinski definition) is 2. The molecule has 4 nitrogen and oxygen atoms in total. The van der Waals surface area contributed by atoms with Gasteiger partial charge in [-0.05, 0) is 48.5 Å². The van der Waals surface area contributed by atoms with Crippen LogP contribution in [0.3, 0.4) is 0 Å². The molecule has 1 aromatic carbocycles. The quantitative estimate of drug-likeness (QED) is 0.875. The molecule has 0 saturated heterocycles. The van der Waals surface area contributed by atoms with Crippen molar-refractivity contribution in [3.63, 3.8) is 0 Å². The smallest absolute Gasteiger partial charge is 0.326 e. The topological polar surface area (TPSA) is 66.4 Å². The highest BCUT2D eigenvalue weighted by Gasteiger charge is 2.67. The number of nitrogens with one attached hydrogen (secondary N) is 1. The lowest BCUT2D eigenvalue weighted by Crippen LogP contribution is -2.43. The van der Waals surface area contributed by atoms with Crippen molar-refractivity contribution in [2.45, 2.75) is 31.7 Å². The predicted octanol–water partition coefficient (Wildman–Crippen LogP) is 2.09. The fraction of sp³-hybridized carbons (Fsp3) is 0.556. The van der Waals surface area contributed by atoms with Crippen molar-refractivity contribution in [1.29, 1.82) is 0 Å². The SMILES string of the molecule is O=C(N[C@H](Cc1ccccc1)C(=O)O)C1C2C3CCC(C3)C12. The van der Waals surface area contributed by atoms with Crippen LogP contribution in [0.2, 0.25) is 0 Å². The standard InChI is InChI=1S/C18H21NO3/c20-17(16-14-11-6-7-12(9-11)15(14)16)19-13(18(21)22)8-10-4-2-1-3-5-10/h1-5,11-16H,6-9H2,(H,19,20)(H,21,22)/t11?,12?,13-,14?,15?,16?/m1/s1. The molecule has 22 heavy (non-hydrogen) atoms. The lowest BCUT2D eigenvalue weighted by molar-refractivity contribution is -0.142. The number of carbonyl (C=O) groups is 2. The van der Waals surface area contributed by atoms with Gasteiger partial charge < -0.3 is 10.4 Å². The summed E-state index contributed by atoms with van der Waals surface area (Å²) >= 11 is 0. The number of fused-ring (bicyclic) bond motifs is 5. The van der Waals surface area contributed by atoms with Crippen LogP contribution in [0.25, 0.3) is 0 Å². The predicted molar refractivity (Wildman–Crippen MR) is 81.0 cm³/mol. The van der Waals surface area contributed by atoms with Crippen LogP contribution in [0.15, 0.2) is 30.3 Å². The third-order valence-corrected chi connectivity index (χ3v) is 5.94. The lowest BCUT2D eigenvalue weighted by Gasteiger charge is -2.16. The van der Waals surface area contributed by atoms with Crippen molar-refractivity contribution >= 4 is 11.9 Å². The Labute approximate surface area is 129 Å². The van der Waals surface area contributed by atoms with E-state index >= 15 is 0 Å². The first-order valence-corrected chi connectivity index (χ1v) is 8.22. The molecule has 0 aromatic heterocycles. The molecule has 0 aliphatic heterocycles. The second-order valence-electron chi connectivity index (χ2n) is 7.10. The Kier molecular flexibility index (Phi) is 3.21. The zero-order valence-corrected chi connectivity index (χ0v) is 12.4. The number of rotatable bonds is 5. The third-order valence-electron chi connectivity index (χ3n) is 5.94. The molecule has 116 valence electrons. The summed E-state index contributed by atoms with van der Waals surface area (Å²) < 4.78 is 0. The van der Waals surface area contributed by atoms with Gasteiger partial charge in [0.25, 0.3) is 0 Å². The molecule has 0 spiro atoms. The van der Waals surface area contributed by atoms with Crippen molar-refractivity contribution in [3.05, 3.63) is 35.9 Å². The van der Waals surface area contributed by atoms with Crippen LogP contribution in [-0.2, 0) is 16.0 Å². The first-order valence-electron chi connectivity index (χ1n) is 8.22. The van der Waals surface area contributed by atoms with Gasteiger partial charge in [-0.2, -0.15) is 0 Å². The minimum atomic E-state index is -0.953. The molecule has 5 atom stereocenters. The van der Waals surface area contributed by atoms with Crippen molar-refractivity contribution < 1.29 is 14.7 Å². The number of hydrogen-bond donors (Lipinski definition) is 2. The second kappa shape index (κ2) is 5.11. The monoisotopic (exact) mass is 299 g/mol. The Morgan fingerprint density at radius 3 is 2.36 bits per heavy atom. The second-order valence-corrected chi connectivity index (χ2v) is 7.10. The Balaban J connectivity index is 1.40. The molecular formula is C18H21NO3. The number of aliphatic carboxylic acids is 1. The van der Waals surface area contributed by atoms with E-state index in [0.29, 0.717) is 18.3 Å². The van der Waals surface area contributed by atoms with E-state index in [-0.39, 0.29) is 11.8 Å². The van der Waals surface area contributed by atoms with Gasteiger partial charge >= 0.3 is 5.97 Å². The first kappa shape index (κ1) is 13.8. The van der Waals surface area contributed by atoms with Gasteiger partial charge in [-0.1, -0.05) is 30.3 Å². The maximum absolute atomic E-state index is 12.5.